The van der Waals surface area contributed by atoms with E-state index in [1.165, 1.54) is 11.0 Å². The van der Waals surface area contributed by atoms with E-state index in [1.54, 1.807) is 18.2 Å². The molecule has 2 atom stereocenters. The third kappa shape index (κ3) is 6.20. The van der Waals surface area contributed by atoms with Crippen molar-refractivity contribution in [3.63, 3.8) is 0 Å². The van der Waals surface area contributed by atoms with E-state index < -0.39 is 45.1 Å². The fourth-order valence-electron chi connectivity index (χ4n) is 4.06. The van der Waals surface area contributed by atoms with Gasteiger partial charge in [-0.05, 0) is 50.3 Å². The lowest BCUT2D eigenvalue weighted by Gasteiger charge is -2.20. The molecule has 180 valence electrons. The number of carbonyl (C=O) groups is 2. The molecule has 0 spiro atoms. The molecule has 1 aliphatic heterocycles. The van der Waals surface area contributed by atoms with Crippen molar-refractivity contribution < 1.29 is 31.9 Å². The Morgan fingerprint density at radius 1 is 1.24 bits per heavy atom. The summed E-state index contributed by atoms with van der Waals surface area (Å²) < 4.78 is 52.6. The van der Waals surface area contributed by atoms with Gasteiger partial charge in [0.05, 0.1) is 22.8 Å². The van der Waals surface area contributed by atoms with Crippen molar-refractivity contribution >= 4 is 37.8 Å². The van der Waals surface area contributed by atoms with Gasteiger partial charge in [-0.25, -0.2) is 22.0 Å². The number of halogens is 3. The molecular weight excluding hydrogens is 524 g/mol. The first-order valence-corrected chi connectivity index (χ1v) is 12.8. The summed E-state index contributed by atoms with van der Waals surface area (Å²) in [5.41, 5.74) is -0.730. The number of likely N-dealkylation sites (tertiary alicyclic amines) is 1. The Balaban J connectivity index is 0.000000286. The van der Waals surface area contributed by atoms with E-state index >= 15 is 0 Å². The maximum atomic E-state index is 13.3. The average Bonchev–Trinajstić information content (AvgIpc) is 3.16. The number of rotatable bonds is 4. The van der Waals surface area contributed by atoms with Crippen molar-refractivity contribution in [1.29, 1.82) is 5.26 Å². The fourth-order valence-corrected chi connectivity index (χ4v) is 6.49. The lowest BCUT2D eigenvalue weighted by atomic mass is 10.1. The summed E-state index contributed by atoms with van der Waals surface area (Å²) in [5, 5.41) is 18.0. The number of sulfone groups is 1. The van der Waals surface area contributed by atoms with Crippen molar-refractivity contribution in [1.82, 2.24) is 10.2 Å². The van der Waals surface area contributed by atoms with Gasteiger partial charge in [-0.15, -0.1) is 0 Å². The van der Waals surface area contributed by atoms with Gasteiger partial charge in [0, 0.05) is 23.4 Å². The molecule has 1 aromatic rings. The van der Waals surface area contributed by atoms with E-state index in [9.17, 15) is 26.8 Å². The van der Waals surface area contributed by atoms with Crippen LogP contribution in [-0.4, -0.2) is 60.2 Å². The molecule has 1 saturated heterocycles. The van der Waals surface area contributed by atoms with Crippen LogP contribution in [0.25, 0.3) is 0 Å². The largest absolute Gasteiger partial charge is 0.465 e. The van der Waals surface area contributed by atoms with Gasteiger partial charge >= 0.3 is 6.09 Å². The molecule has 8 nitrogen and oxygen atoms in total. The van der Waals surface area contributed by atoms with Gasteiger partial charge in [0.15, 0.2) is 9.84 Å². The molecule has 0 bridgehead atoms. The van der Waals surface area contributed by atoms with E-state index in [0.717, 1.165) is 0 Å². The van der Waals surface area contributed by atoms with Crippen LogP contribution >= 0.6 is 15.9 Å². The molecule has 12 heteroatoms. The molecule has 0 radical (unpaired) electrons. The molecule has 2 aliphatic carbocycles. The molecule has 33 heavy (non-hydrogen) atoms. The summed E-state index contributed by atoms with van der Waals surface area (Å²) in [6.07, 6.45) is 0.884. The third-order valence-electron chi connectivity index (χ3n) is 6.09. The normalized spacial score (nSPS) is 24.8. The lowest BCUT2D eigenvalue weighted by molar-refractivity contribution is -0.135. The highest BCUT2D eigenvalue weighted by Crippen LogP contribution is 2.37. The second kappa shape index (κ2) is 9.54. The summed E-state index contributed by atoms with van der Waals surface area (Å²) >= 11 is 3.26. The smallest absolute Gasteiger partial charge is 0.405 e. The zero-order valence-corrected chi connectivity index (χ0v) is 20.0. The zero-order valence-electron chi connectivity index (χ0n) is 17.6. The van der Waals surface area contributed by atoms with Gasteiger partial charge in [0.2, 0.25) is 5.91 Å². The number of nitrogens with one attached hydrogen (secondary N) is 1. The van der Waals surface area contributed by atoms with Crippen LogP contribution in [0.1, 0.15) is 38.5 Å². The zero-order chi connectivity index (χ0) is 24.4. The predicted molar refractivity (Wildman–Crippen MR) is 117 cm³/mol. The van der Waals surface area contributed by atoms with Gasteiger partial charge in [0.1, 0.15) is 5.54 Å². The van der Waals surface area contributed by atoms with Crippen LogP contribution in [-0.2, 0) is 14.6 Å². The first kappa shape index (κ1) is 25.4. The fraction of sp³-hybridized carbons (Fsp3) is 0.571. The van der Waals surface area contributed by atoms with E-state index in [1.807, 2.05) is 6.07 Å². The minimum atomic E-state index is -3.52. The monoisotopic (exact) mass is 547 g/mol. The summed E-state index contributed by atoms with van der Waals surface area (Å²) in [5.74, 6) is -3.64. The number of nitrogens with zero attached hydrogens (tertiary/aromatic N) is 2. The predicted octanol–water partition coefficient (Wildman–Crippen LogP) is 3.57. The molecule has 1 aromatic carbocycles. The van der Waals surface area contributed by atoms with Gasteiger partial charge in [-0.3, -0.25) is 4.79 Å². The highest BCUT2D eigenvalue weighted by Gasteiger charge is 2.45. The first-order chi connectivity index (χ1) is 15.4. The Morgan fingerprint density at radius 3 is 2.42 bits per heavy atom. The number of amides is 2. The second-order valence-corrected chi connectivity index (χ2v) is 11.8. The van der Waals surface area contributed by atoms with Crippen LogP contribution in [0.3, 0.4) is 0 Å². The number of benzene rings is 1. The lowest BCUT2D eigenvalue weighted by Crippen LogP contribution is -2.35. The van der Waals surface area contributed by atoms with Crippen molar-refractivity contribution in [3.8, 4) is 6.07 Å². The van der Waals surface area contributed by atoms with Crippen LogP contribution in [0.2, 0.25) is 0 Å². The Labute approximate surface area is 199 Å². The number of carbonyl (C=O) groups excluding carboxylic acids is 1. The van der Waals surface area contributed by atoms with Gasteiger partial charge in [-0.1, -0.05) is 22.0 Å². The summed E-state index contributed by atoms with van der Waals surface area (Å²) in [4.78, 5) is 23.7. The standard InChI is InChI=1S/C16H18BrF2NO3S.C5H6N2O2/c17-12-2-1-3-13(9-12)24(22,23)14-5-4-11(8-14)15(21)20-7-6-16(18,19)10-20;6-3-5(1-2-5)7-4(8)9/h1-3,9,11,14H,4-8,10H2;7H,1-2H2,(H,8,9)/t11-,14-;/m1./s1. The van der Waals surface area contributed by atoms with E-state index in [2.05, 4.69) is 21.2 Å². The Morgan fingerprint density at radius 2 is 1.94 bits per heavy atom. The molecule has 3 aliphatic rings. The van der Waals surface area contributed by atoms with Crippen LogP contribution in [0.4, 0.5) is 13.6 Å². The summed E-state index contributed by atoms with van der Waals surface area (Å²) in [7, 11) is -3.52. The van der Waals surface area contributed by atoms with Crippen molar-refractivity contribution in [2.75, 3.05) is 13.1 Å². The average molecular weight is 548 g/mol. The van der Waals surface area contributed by atoms with Gasteiger partial charge < -0.3 is 15.3 Å². The number of carboxylic acid groups (broad SMARTS) is 1. The third-order valence-corrected chi connectivity index (χ3v) is 8.80. The van der Waals surface area contributed by atoms with Crippen LogP contribution in [0, 0.1) is 17.2 Å². The minimum Gasteiger partial charge on any atom is -0.465 e. The SMILES string of the molecule is N#CC1(NC(=O)O)CC1.O=C([C@@H]1CC[C@@H](S(=O)(=O)c2cccc(Br)c2)C1)N1CCC(F)(F)C1. The Bertz CT molecular complexity index is 1070. The molecule has 1 heterocycles. The quantitative estimate of drug-likeness (QED) is 0.593. The molecule has 2 saturated carbocycles. The number of hydrogen-bond donors (Lipinski definition) is 2. The first-order valence-electron chi connectivity index (χ1n) is 10.5. The molecule has 2 N–H and O–H groups in total. The van der Waals surface area contributed by atoms with Crippen molar-refractivity contribution in [3.05, 3.63) is 28.7 Å². The summed E-state index contributed by atoms with van der Waals surface area (Å²) in [6, 6.07) is 8.37. The van der Waals surface area contributed by atoms with E-state index in [-0.39, 0.29) is 30.2 Å². The number of hydrogen-bond acceptors (Lipinski definition) is 5. The van der Waals surface area contributed by atoms with Gasteiger partial charge in [-0.2, -0.15) is 5.26 Å². The maximum absolute atomic E-state index is 13.3. The summed E-state index contributed by atoms with van der Waals surface area (Å²) in [6.45, 7) is -0.503. The molecule has 4 rings (SSSR count). The van der Waals surface area contributed by atoms with Crippen LogP contribution in [0.15, 0.2) is 33.6 Å². The highest BCUT2D eigenvalue weighted by molar-refractivity contribution is 9.10. The highest BCUT2D eigenvalue weighted by atomic mass is 79.9. The number of alkyl halides is 2. The topological polar surface area (TPSA) is 128 Å². The Hall–Kier alpha value is -2.26. The number of nitriles is 1. The van der Waals surface area contributed by atoms with Crippen molar-refractivity contribution in [2.45, 2.75) is 60.1 Å². The molecule has 3 fully saturated rings. The Kier molecular flexibility index (Phi) is 7.33. The maximum Gasteiger partial charge on any atom is 0.405 e. The minimum absolute atomic E-state index is 0.0470. The molecule has 2 amide bonds. The molecule has 0 aromatic heterocycles. The van der Waals surface area contributed by atoms with Crippen LogP contribution < -0.4 is 5.32 Å². The van der Waals surface area contributed by atoms with Gasteiger partial charge in [0.25, 0.3) is 5.92 Å². The second-order valence-electron chi connectivity index (χ2n) is 8.62. The van der Waals surface area contributed by atoms with E-state index in [4.69, 9.17) is 10.4 Å². The molecule has 0 unspecified atom stereocenters. The van der Waals surface area contributed by atoms with Crippen molar-refractivity contribution in [2.24, 2.45) is 5.92 Å². The van der Waals surface area contributed by atoms with Crippen LogP contribution in [0.5, 0.6) is 0 Å². The molecular formula is C21H24BrF2N3O5S. The van der Waals surface area contributed by atoms with E-state index in [0.29, 0.717) is 30.2 Å².